The number of nitrogens with zero attached hydrogens (tertiary/aromatic N) is 6. The number of halogens is 2. The van der Waals surface area contributed by atoms with Gasteiger partial charge in [0.25, 0.3) is 12.4 Å². The number of nitrogens with one attached hydrogen (secondary N) is 3. The van der Waals surface area contributed by atoms with Crippen molar-refractivity contribution >= 4 is 52.6 Å². The Morgan fingerprint density at radius 2 is 1.82 bits per heavy atom. The Morgan fingerprint density at radius 3 is 2.52 bits per heavy atom. The Kier molecular flexibility index (Phi) is 16.5. The van der Waals surface area contributed by atoms with Crippen molar-refractivity contribution in [1.29, 1.82) is 0 Å². The van der Waals surface area contributed by atoms with Crippen LogP contribution in [0.25, 0.3) is 32.9 Å². The number of terminal acetylenes is 1. The van der Waals surface area contributed by atoms with Crippen LogP contribution in [0.15, 0.2) is 60.8 Å². The summed E-state index contributed by atoms with van der Waals surface area (Å²) in [6.07, 6.45) is 14.7. The van der Waals surface area contributed by atoms with Crippen molar-refractivity contribution in [3.8, 4) is 41.1 Å². The highest BCUT2D eigenvalue weighted by Gasteiger charge is 2.51. The fourth-order valence-electron chi connectivity index (χ4n) is 10.9. The lowest BCUT2D eigenvalue weighted by molar-refractivity contribution is -0.130. The lowest BCUT2D eigenvalue weighted by Gasteiger charge is -2.35. The molecule has 17 nitrogen and oxygen atoms in total. The maximum atomic E-state index is 16.9. The van der Waals surface area contributed by atoms with Crippen molar-refractivity contribution in [2.75, 3.05) is 65.0 Å². The fraction of sp³-hybridized carbons (Fsp3) is 0.426. The number of benzene rings is 3. The molecule has 2 bridgehead atoms. The number of carbonyl (C=O) groups excluding carboxylic acids is 4. The summed E-state index contributed by atoms with van der Waals surface area (Å²) in [5, 5.41) is 20.6. The maximum absolute atomic E-state index is 16.9. The summed E-state index contributed by atoms with van der Waals surface area (Å²) in [5.74, 6) is 2.06. The van der Waals surface area contributed by atoms with Crippen LogP contribution in [0.4, 0.5) is 14.6 Å². The normalized spacial score (nSPS) is 21.1. The maximum Gasteiger partial charge on any atom is 0.319 e. The predicted octanol–water partition coefficient (Wildman–Crippen LogP) is 5.44. The van der Waals surface area contributed by atoms with Crippen LogP contribution in [0.5, 0.6) is 17.5 Å². The average molecular weight is 1000 g/mol. The minimum atomic E-state index is -0.765. The van der Waals surface area contributed by atoms with Crippen LogP contribution in [-0.2, 0) is 25.7 Å². The van der Waals surface area contributed by atoms with Crippen molar-refractivity contribution < 1.29 is 47.3 Å². The number of aromatic hydroxyl groups is 1. The standard InChI is InChI=1S/C36H34F2N6O4.C16H22N2O3.C2H5NO/c1-3-26-29(37)7-4-21-10-25(46)11-27(30(21)26)32-31(38)33-28(13-39-32)34(43-15-22-5-6-23(16-43)40-22)42-35(41-33)48-18-36-9-8-24(17-47-19-45)44(36)14-20(2)12-36;1-3-4-13(11-19)18-10-12-9-14(21-8-7-17-2)5-6-15(12)16(18)20;1-3-2-4/h1,4,7,10-11,13,19,22-24,40,46H,2,5-6,8-9,12,14-18H2;5-6,9,11,13,17H,3-4,7-8,10H2,1-2H3;2H,1H3,(H,3,4). The number of phenols is 1. The number of amides is 2. The zero-order valence-electron chi connectivity index (χ0n) is 41.3. The molecule has 4 fully saturated rings. The van der Waals surface area contributed by atoms with Crippen molar-refractivity contribution in [3.05, 3.63) is 89.1 Å². The van der Waals surface area contributed by atoms with Crippen LogP contribution in [0.3, 0.4) is 0 Å². The van der Waals surface area contributed by atoms with Gasteiger partial charge in [-0.2, -0.15) is 9.97 Å². The number of fused-ring (bicyclic) bond motifs is 6. The lowest BCUT2D eigenvalue weighted by Crippen LogP contribution is -2.51. The summed E-state index contributed by atoms with van der Waals surface area (Å²) < 4.78 is 48.9. The number of rotatable bonds is 17. The van der Waals surface area contributed by atoms with E-state index in [1.807, 2.05) is 26.1 Å². The first-order chi connectivity index (χ1) is 35.4. The van der Waals surface area contributed by atoms with E-state index in [1.165, 1.54) is 30.5 Å². The molecular weight excluding hydrogens is 941 g/mol. The second-order valence-corrected chi connectivity index (χ2v) is 19.0. The average Bonchev–Trinajstić information content (AvgIpc) is 4.12. The van der Waals surface area contributed by atoms with E-state index >= 15 is 4.39 Å². The Morgan fingerprint density at radius 1 is 1.04 bits per heavy atom. The van der Waals surface area contributed by atoms with E-state index in [-0.39, 0.29) is 88.3 Å². The van der Waals surface area contributed by atoms with E-state index in [0.717, 1.165) is 61.8 Å². The second-order valence-electron chi connectivity index (χ2n) is 19.0. The van der Waals surface area contributed by atoms with Crippen molar-refractivity contribution in [2.24, 2.45) is 0 Å². The largest absolute Gasteiger partial charge is 0.508 e. The highest BCUT2D eigenvalue weighted by molar-refractivity contribution is 6.03. The van der Waals surface area contributed by atoms with E-state index < -0.39 is 11.6 Å². The van der Waals surface area contributed by atoms with Gasteiger partial charge >= 0.3 is 6.01 Å². The molecule has 0 radical (unpaired) electrons. The fourth-order valence-corrected chi connectivity index (χ4v) is 10.9. The van der Waals surface area contributed by atoms with Gasteiger partial charge in [-0.25, -0.2) is 8.78 Å². The van der Waals surface area contributed by atoms with Gasteiger partial charge in [0.05, 0.1) is 22.5 Å². The molecule has 5 unspecified atom stereocenters. The van der Waals surface area contributed by atoms with Crippen LogP contribution in [0.1, 0.15) is 73.4 Å². The van der Waals surface area contributed by atoms with Crippen LogP contribution < -0.4 is 30.3 Å². The number of likely N-dealkylation sites (N-methyl/N-ethyl adjacent to an activating group) is 1. The van der Waals surface area contributed by atoms with Crippen LogP contribution in [0, 0.1) is 24.0 Å². The second kappa shape index (κ2) is 23.1. The van der Waals surface area contributed by atoms with E-state index in [1.54, 1.807) is 18.0 Å². The summed E-state index contributed by atoms with van der Waals surface area (Å²) >= 11 is 0. The molecule has 4 saturated heterocycles. The monoisotopic (exact) mass is 1000 g/mol. The summed E-state index contributed by atoms with van der Waals surface area (Å²) in [6.45, 7) is 11.1. The number of pyridine rings is 1. The van der Waals surface area contributed by atoms with Gasteiger partial charge in [0.15, 0.2) is 5.82 Å². The van der Waals surface area contributed by atoms with Crippen LogP contribution in [-0.4, -0.2) is 145 Å². The van der Waals surface area contributed by atoms with Crippen LogP contribution in [0.2, 0.25) is 0 Å². The van der Waals surface area contributed by atoms with Crippen molar-refractivity contribution in [3.63, 3.8) is 0 Å². The Labute approximate surface area is 422 Å². The molecule has 0 saturated carbocycles. The first-order valence-electron chi connectivity index (χ1n) is 24.6. The molecule has 19 heteroatoms. The number of aromatic nitrogens is 3. The molecule has 5 aliphatic heterocycles. The third-order valence-corrected chi connectivity index (χ3v) is 14.2. The molecule has 10 rings (SSSR count). The summed E-state index contributed by atoms with van der Waals surface area (Å²) in [4.78, 5) is 63.6. The minimum Gasteiger partial charge on any atom is -0.508 e. The minimum absolute atomic E-state index is 0.00472. The van der Waals surface area contributed by atoms with Gasteiger partial charge in [0.1, 0.15) is 60.5 Å². The number of hydrogen-bond acceptors (Lipinski definition) is 15. The zero-order valence-corrected chi connectivity index (χ0v) is 41.3. The number of hydrogen-bond donors (Lipinski definition) is 4. The predicted molar refractivity (Wildman–Crippen MR) is 271 cm³/mol. The number of piperazine rings is 1. The van der Waals surface area contributed by atoms with Gasteiger partial charge in [-0.1, -0.05) is 37.5 Å². The van der Waals surface area contributed by atoms with Gasteiger partial charge < -0.3 is 49.9 Å². The van der Waals surface area contributed by atoms with Gasteiger partial charge in [0, 0.05) is 80.6 Å². The highest BCUT2D eigenvalue weighted by Crippen LogP contribution is 2.45. The Hall–Kier alpha value is -7.27. The van der Waals surface area contributed by atoms with E-state index in [0.29, 0.717) is 80.7 Å². The molecular formula is C54H61F2N9O8. The SMILES string of the molecule is C#Cc1c(F)ccc2cc(O)cc(-c3ncc4c(N5CC6CCC(C5)N6)nc(OCC56CCC(COC=O)N5CC(=C)C6)nc4c3F)c12.CCCC(C=O)N1Cc2cc(OCCNC)ccc2C1=O.CNC=O. The third kappa shape index (κ3) is 10.9. The Bertz CT molecular complexity index is 2920. The highest BCUT2D eigenvalue weighted by atomic mass is 19.1. The Balaban J connectivity index is 0.000000237. The van der Waals surface area contributed by atoms with E-state index in [9.17, 15) is 23.9 Å². The topological polar surface area (TPSA) is 201 Å². The first-order valence-corrected chi connectivity index (χ1v) is 24.6. The van der Waals surface area contributed by atoms with Gasteiger partial charge in [0.2, 0.25) is 6.41 Å². The van der Waals surface area contributed by atoms with Crippen molar-refractivity contribution in [1.82, 2.24) is 40.7 Å². The number of carbonyl (C=O) groups is 4. The first kappa shape index (κ1) is 52.1. The van der Waals surface area contributed by atoms with Crippen LogP contribution >= 0.6 is 0 Å². The molecule has 3 aromatic carbocycles. The van der Waals surface area contributed by atoms with E-state index in [2.05, 4.69) is 48.2 Å². The number of aldehydes is 1. The molecule has 5 atom stereocenters. The lowest BCUT2D eigenvalue weighted by atomic mass is 9.94. The smallest absolute Gasteiger partial charge is 0.319 e. The molecule has 5 aromatic rings. The molecule has 7 heterocycles. The molecule has 384 valence electrons. The molecule has 5 aliphatic rings. The summed E-state index contributed by atoms with van der Waals surface area (Å²) in [7, 11) is 3.43. The van der Waals surface area contributed by atoms with Gasteiger partial charge in [-0.15, -0.1) is 6.42 Å². The molecule has 73 heavy (non-hydrogen) atoms. The molecule has 2 aromatic heterocycles. The zero-order chi connectivity index (χ0) is 51.8. The number of phenolic OH excluding ortho intramolecular Hbond substituents is 1. The summed E-state index contributed by atoms with van der Waals surface area (Å²) in [6, 6.07) is 11.3. The van der Waals surface area contributed by atoms with E-state index in [4.69, 9.17) is 30.4 Å². The van der Waals surface area contributed by atoms with Gasteiger partial charge in [-0.05, 0) is 92.9 Å². The molecule has 0 aliphatic carbocycles. The third-order valence-electron chi connectivity index (χ3n) is 14.2. The quantitative estimate of drug-likeness (QED) is 0.0397. The number of ether oxygens (including phenoxy) is 3. The molecule has 4 N–H and O–H groups in total. The number of anilines is 1. The molecule has 2 amide bonds. The molecule has 0 spiro atoms. The van der Waals surface area contributed by atoms with Crippen molar-refractivity contribution in [2.45, 2.75) is 88.1 Å². The van der Waals surface area contributed by atoms with Gasteiger partial charge in [-0.3, -0.25) is 24.3 Å². The summed E-state index contributed by atoms with van der Waals surface area (Å²) in [5.41, 5.74) is 2.26.